The highest BCUT2D eigenvalue weighted by atomic mass is 16.5. The first-order valence-corrected chi connectivity index (χ1v) is 8.47. The van der Waals surface area contributed by atoms with Crippen LogP contribution in [0.1, 0.15) is 24.8 Å². The van der Waals surface area contributed by atoms with Crippen molar-refractivity contribution in [3.8, 4) is 0 Å². The average Bonchev–Trinajstić information content (AvgIpc) is 2.97. The minimum absolute atomic E-state index is 0.143. The minimum Gasteiger partial charge on any atom is -0.469 e. The number of fused-ring (bicyclic) bond motifs is 1. The number of methoxy groups -OCH3 is 1. The molecule has 0 N–H and O–H groups in total. The molecule has 0 bridgehead atoms. The molecule has 24 heavy (non-hydrogen) atoms. The molecule has 0 aliphatic carbocycles. The van der Waals surface area contributed by atoms with E-state index < -0.39 is 0 Å². The first-order chi connectivity index (χ1) is 11.6. The third kappa shape index (κ3) is 3.61. The van der Waals surface area contributed by atoms with E-state index in [1.807, 2.05) is 15.7 Å². The summed E-state index contributed by atoms with van der Waals surface area (Å²) in [5.74, 6) is 0.315. The Balaban J connectivity index is 1.58. The number of aromatic nitrogens is 1. The molecule has 0 saturated carbocycles. The van der Waals surface area contributed by atoms with Crippen LogP contribution in [0.2, 0.25) is 0 Å². The lowest BCUT2D eigenvalue weighted by Crippen LogP contribution is -2.40. The van der Waals surface area contributed by atoms with Gasteiger partial charge in [-0.2, -0.15) is 0 Å². The van der Waals surface area contributed by atoms with Gasteiger partial charge in [0.25, 0.3) is 0 Å². The summed E-state index contributed by atoms with van der Waals surface area (Å²) in [5, 5.41) is 1.17. The number of carbonyl (C=O) groups excluding carboxylic acids is 2. The smallest absolute Gasteiger partial charge is 0.305 e. The van der Waals surface area contributed by atoms with Crippen molar-refractivity contribution in [1.82, 2.24) is 9.47 Å². The minimum atomic E-state index is -0.158. The number of nitrogens with zero attached hydrogens (tertiary/aromatic N) is 2. The summed E-state index contributed by atoms with van der Waals surface area (Å²) in [5.41, 5.74) is 2.31. The number of hydrogen-bond donors (Lipinski definition) is 0. The zero-order valence-electron chi connectivity index (χ0n) is 14.3. The van der Waals surface area contributed by atoms with Crippen molar-refractivity contribution in [2.24, 2.45) is 5.92 Å². The molecule has 3 rings (SSSR count). The summed E-state index contributed by atoms with van der Waals surface area (Å²) in [4.78, 5) is 25.8. The predicted octanol–water partition coefficient (Wildman–Crippen LogP) is 2.75. The fourth-order valence-electron chi connectivity index (χ4n) is 3.41. The number of piperidine rings is 1. The number of esters is 1. The second-order valence-corrected chi connectivity index (χ2v) is 6.61. The lowest BCUT2D eigenvalue weighted by Gasteiger charge is -2.31. The van der Waals surface area contributed by atoms with E-state index >= 15 is 0 Å². The number of amides is 1. The van der Waals surface area contributed by atoms with Crippen LogP contribution in [0.4, 0.5) is 0 Å². The van der Waals surface area contributed by atoms with Crippen molar-refractivity contribution in [3.05, 3.63) is 36.0 Å². The average molecular weight is 328 g/mol. The van der Waals surface area contributed by atoms with Gasteiger partial charge in [0.2, 0.25) is 5.91 Å². The largest absolute Gasteiger partial charge is 0.469 e. The van der Waals surface area contributed by atoms with Gasteiger partial charge >= 0.3 is 5.97 Å². The van der Waals surface area contributed by atoms with E-state index in [4.69, 9.17) is 4.74 Å². The molecule has 1 aromatic heterocycles. The Morgan fingerprint density at radius 2 is 1.96 bits per heavy atom. The number of likely N-dealkylation sites (tertiary alicyclic amines) is 1. The van der Waals surface area contributed by atoms with Gasteiger partial charge in [0.15, 0.2) is 0 Å². The van der Waals surface area contributed by atoms with Crippen LogP contribution in [0, 0.1) is 12.8 Å². The van der Waals surface area contributed by atoms with Crippen LogP contribution in [0.5, 0.6) is 0 Å². The standard InChI is InChI=1S/C19H24N2O3/c1-14-3-4-17-16(11-14)7-10-21(17)13-18(22)20-8-5-15(6-9-20)12-19(23)24-2/h3-4,7,10-11,15H,5-6,8-9,12-13H2,1-2H3. The van der Waals surface area contributed by atoms with Crippen molar-refractivity contribution < 1.29 is 14.3 Å². The number of ether oxygens (including phenoxy) is 1. The molecule has 0 unspecified atom stereocenters. The second-order valence-electron chi connectivity index (χ2n) is 6.61. The monoisotopic (exact) mass is 328 g/mol. The molecule has 0 spiro atoms. The highest BCUT2D eigenvalue weighted by molar-refractivity contribution is 5.84. The summed E-state index contributed by atoms with van der Waals surface area (Å²) >= 11 is 0. The number of benzene rings is 1. The lowest BCUT2D eigenvalue weighted by atomic mass is 9.93. The van der Waals surface area contributed by atoms with Crippen LogP contribution in [0.25, 0.3) is 10.9 Å². The molecule has 128 valence electrons. The van der Waals surface area contributed by atoms with E-state index in [-0.39, 0.29) is 11.9 Å². The molecule has 5 nitrogen and oxygen atoms in total. The Kier molecular flexibility index (Phi) is 4.88. The van der Waals surface area contributed by atoms with E-state index in [1.165, 1.54) is 18.1 Å². The van der Waals surface area contributed by atoms with Gasteiger partial charge in [-0.15, -0.1) is 0 Å². The van der Waals surface area contributed by atoms with E-state index in [2.05, 4.69) is 31.2 Å². The summed E-state index contributed by atoms with van der Waals surface area (Å²) in [6.07, 6.45) is 4.17. The lowest BCUT2D eigenvalue weighted by molar-refractivity contribution is -0.142. The third-order valence-corrected chi connectivity index (χ3v) is 4.88. The zero-order valence-corrected chi connectivity index (χ0v) is 14.3. The van der Waals surface area contributed by atoms with E-state index in [0.29, 0.717) is 18.9 Å². The fourth-order valence-corrected chi connectivity index (χ4v) is 3.41. The first kappa shape index (κ1) is 16.6. The normalized spacial score (nSPS) is 15.7. The maximum atomic E-state index is 12.6. The Labute approximate surface area is 142 Å². The quantitative estimate of drug-likeness (QED) is 0.811. The molecule has 1 saturated heterocycles. The van der Waals surface area contributed by atoms with Crippen LogP contribution in [-0.2, 0) is 20.9 Å². The molecule has 1 amide bonds. The van der Waals surface area contributed by atoms with Gasteiger partial charge in [-0.3, -0.25) is 9.59 Å². The predicted molar refractivity (Wildman–Crippen MR) is 92.6 cm³/mol. The number of carbonyl (C=O) groups is 2. The molecule has 1 aliphatic rings. The second kappa shape index (κ2) is 7.07. The highest BCUT2D eigenvalue weighted by Crippen LogP contribution is 2.22. The maximum Gasteiger partial charge on any atom is 0.305 e. The van der Waals surface area contributed by atoms with Crippen molar-refractivity contribution in [3.63, 3.8) is 0 Å². The van der Waals surface area contributed by atoms with Crippen LogP contribution in [0.3, 0.4) is 0 Å². The van der Waals surface area contributed by atoms with E-state index in [0.717, 1.165) is 31.4 Å². The summed E-state index contributed by atoms with van der Waals surface area (Å²) in [6, 6.07) is 8.33. The van der Waals surface area contributed by atoms with Crippen LogP contribution >= 0.6 is 0 Å². The van der Waals surface area contributed by atoms with Gasteiger partial charge in [-0.1, -0.05) is 11.6 Å². The van der Waals surface area contributed by atoms with Gasteiger partial charge in [0.05, 0.1) is 7.11 Å². The summed E-state index contributed by atoms with van der Waals surface area (Å²) in [7, 11) is 1.42. The van der Waals surface area contributed by atoms with Crippen LogP contribution < -0.4 is 0 Å². The molecular weight excluding hydrogens is 304 g/mol. The van der Waals surface area contributed by atoms with Gasteiger partial charge < -0.3 is 14.2 Å². The molecule has 5 heteroatoms. The SMILES string of the molecule is COC(=O)CC1CCN(C(=O)Cn2ccc3cc(C)ccc32)CC1. The van der Waals surface area contributed by atoms with Gasteiger partial charge in [0, 0.05) is 31.2 Å². The van der Waals surface area contributed by atoms with E-state index in [1.54, 1.807) is 0 Å². The first-order valence-electron chi connectivity index (χ1n) is 8.47. The summed E-state index contributed by atoms with van der Waals surface area (Å²) in [6.45, 7) is 3.88. The number of aryl methyl sites for hydroxylation is 1. The number of hydrogen-bond acceptors (Lipinski definition) is 3. The van der Waals surface area contributed by atoms with E-state index in [9.17, 15) is 9.59 Å². The molecular formula is C19H24N2O3. The topological polar surface area (TPSA) is 51.5 Å². The molecule has 0 atom stereocenters. The number of rotatable bonds is 4. The Morgan fingerprint density at radius 3 is 2.67 bits per heavy atom. The Bertz CT molecular complexity index is 742. The Hall–Kier alpha value is -2.30. The molecule has 0 radical (unpaired) electrons. The van der Waals surface area contributed by atoms with Crippen LogP contribution in [0.15, 0.2) is 30.5 Å². The maximum absolute atomic E-state index is 12.6. The molecule has 2 aromatic rings. The van der Waals surface area contributed by atoms with Crippen molar-refractivity contribution in [2.75, 3.05) is 20.2 Å². The zero-order chi connectivity index (χ0) is 17.1. The van der Waals surface area contributed by atoms with Gasteiger partial charge in [-0.25, -0.2) is 0 Å². The summed E-state index contributed by atoms with van der Waals surface area (Å²) < 4.78 is 6.74. The molecule has 1 aromatic carbocycles. The van der Waals surface area contributed by atoms with Crippen molar-refractivity contribution in [1.29, 1.82) is 0 Å². The van der Waals surface area contributed by atoms with Crippen molar-refractivity contribution >= 4 is 22.8 Å². The Morgan fingerprint density at radius 1 is 1.21 bits per heavy atom. The fraction of sp³-hybridized carbons (Fsp3) is 0.474. The van der Waals surface area contributed by atoms with Gasteiger partial charge in [0.1, 0.15) is 6.54 Å². The van der Waals surface area contributed by atoms with Crippen molar-refractivity contribution in [2.45, 2.75) is 32.7 Å². The highest BCUT2D eigenvalue weighted by Gasteiger charge is 2.24. The van der Waals surface area contributed by atoms with Crippen LogP contribution in [-0.4, -0.2) is 41.5 Å². The molecule has 1 aliphatic heterocycles. The third-order valence-electron chi connectivity index (χ3n) is 4.88. The molecule has 1 fully saturated rings. The van der Waals surface area contributed by atoms with Gasteiger partial charge in [-0.05, 0) is 49.3 Å². The molecule has 2 heterocycles.